The second-order valence-corrected chi connectivity index (χ2v) is 4.94. The summed E-state index contributed by atoms with van der Waals surface area (Å²) in [5, 5.41) is 6.43. The first-order valence-electron chi connectivity index (χ1n) is 6.48. The number of hydrogen-bond donors (Lipinski definition) is 2. The van der Waals surface area contributed by atoms with Gasteiger partial charge in [-0.05, 0) is 24.4 Å². The number of para-hydroxylation sites is 1. The Morgan fingerprint density at radius 1 is 1.27 bits per heavy atom. The molecule has 0 bridgehead atoms. The molecule has 0 saturated heterocycles. The molecule has 0 aliphatic rings. The van der Waals surface area contributed by atoms with Gasteiger partial charge >= 0.3 is 0 Å². The second-order valence-electron chi connectivity index (χ2n) is 4.14. The van der Waals surface area contributed by atoms with Gasteiger partial charge in [-0.3, -0.25) is 0 Å². The molecule has 1 aromatic carbocycles. The molecule has 0 amide bonds. The van der Waals surface area contributed by atoms with Crippen LogP contribution in [0, 0.1) is 0 Å². The molecule has 116 valence electrons. The molecular formula is C14H15ClN4O2S. The van der Waals surface area contributed by atoms with Crippen molar-refractivity contribution in [3.63, 3.8) is 0 Å². The minimum absolute atomic E-state index is 0.253. The quantitative estimate of drug-likeness (QED) is 0.477. The molecule has 2 rings (SSSR count). The molecule has 22 heavy (non-hydrogen) atoms. The summed E-state index contributed by atoms with van der Waals surface area (Å²) in [7, 11) is 1.62. The summed E-state index contributed by atoms with van der Waals surface area (Å²) in [5.41, 5.74) is 0. The first-order valence-corrected chi connectivity index (χ1v) is 7.27. The lowest BCUT2D eigenvalue weighted by Gasteiger charge is -2.10. The van der Waals surface area contributed by atoms with E-state index in [1.807, 2.05) is 30.3 Å². The van der Waals surface area contributed by atoms with Crippen molar-refractivity contribution in [1.29, 1.82) is 0 Å². The van der Waals surface area contributed by atoms with Gasteiger partial charge in [-0.25, -0.2) is 4.98 Å². The van der Waals surface area contributed by atoms with E-state index in [1.165, 1.54) is 6.07 Å². The maximum Gasteiger partial charge on any atom is 0.233 e. The van der Waals surface area contributed by atoms with Crippen LogP contribution < -0.4 is 15.4 Å². The zero-order valence-electron chi connectivity index (χ0n) is 11.9. The standard InChI is InChI=1S/C14H15ClN4O2S/c1-20-8-7-16-14(22)19-13-17-11(15)9-12(18-13)21-10-5-3-2-4-6-10/h2-6,9H,7-8H2,1H3,(H2,16,17,18,19,22). The number of ether oxygens (including phenoxy) is 2. The Hall–Kier alpha value is -1.96. The summed E-state index contributed by atoms with van der Waals surface area (Å²) in [4.78, 5) is 8.26. The van der Waals surface area contributed by atoms with E-state index < -0.39 is 0 Å². The van der Waals surface area contributed by atoms with Crippen LogP contribution in [-0.2, 0) is 4.74 Å². The summed E-state index contributed by atoms with van der Waals surface area (Å²) in [5.74, 6) is 1.24. The summed E-state index contributed by atoms with van der Waals surface area (Å²) >= 11 is 11.1. The van der Waals surface area contributed by atoms with Gasteiger partial charge in [0, 0.05) is 19.7 Å². The Morgan fingerprint density at radius 3 is 2.77 bits per heavy atom. The number of rotatable bonds is 6. The summed E-state index contributed by atoms with van der Waals surface area (Å²) < 4.78 is 10.5. The molecule has 1 heterocycles. The fraction of sp³-hybridized carbons (Fsp3) is 0.214. The molecular weight excluding hydrogens is 324 g/mol. The normalized spacial score (nSPS) is 10.1. The van der Waals surface area contributed by atoms with Crippen molar-refractivity contribution in [3.8, 4) is 11.6 Å². The highest BCUT2D eigenvalue weighted by Crippen LogP contribution is 2.22. The average molecular weight is 339 g/mol. The second kappa shape index (κ2) is 8.47. The maximum atomic E-state index is 5.97. The lowest BCUT2D eigenvalue weighted by molar-refractivity contribution is 0.204. The van der Waals surface area contributed by atoms with Crippen LogP contribution in [0.2, 0.25) is 5.15 Å². The minimum atomic E-state index is 0.253. The van der Waals surface area contributed by atoms with E-state index in [4.69, 9.17) is 33.3 Å². The third-order valence-electron chi connectivity index (χ3n) is 2.45. The molecule has 0 atom stereocenters. The molecule has 0 radical (unpaired) electrons. The molecule has 2 aromatic rings. The van der Waals surface area contributed by atoms with Gasteiger partial charge in [0.2, 0.25) is 11.8 Å². The van der Waals surface area contributed by atoms with Gasteiger partial charge in [-0.2, -0.15) is 4.98 Å². The van der Waals surface area contributed by atoms with Crippen molar-refractivity contribution in [3.05, 3.63) is 41.6 Å². The predicted molar refractivity (Wildman–Crippen MR) is 89.7 cm³/mol. The summed E-state index contributed by atoms with van der Waals surface area (Å²) in [6.07, 6.45) is 0. The molecule has 2 N–H and O–H groups in total. The number of benzene rings is 1. The van der Waals surface area contributed by atoms with Crippen molar-refractivity contribution in [2.45, 2.75) is 0 Å². The van der Waals surface area contributed by atoms with Gasteiger partial charge in [-0.15, -0.1) is 0 Å². The average Bonchev–Trinajstić information content (AvgIpc) is 2.48. The van der Waals surface area contributed by atoms with Crippen molar-refractivity contribution in [2.24, 2.45) is 0 Å². The Labute approximate surface area is 138 Å². The van der Waals surface area contributed by atoms with Crippen LogP contribution in [0.1, 0.15) is 0 Å². The minimum Gasteiger partial charge on any atom is -0.439 e. The van der Waals surface area contributed by atoms with Crippen LogP contribution >= 0.6 is 23.8 Å². The molecule has 6 nitrogen and oxygen atoms in total. The first-order chi connectivity index (χ1) is 10.7. The van der Waals surface area contributed by atoms with Crippen molar-refractivity contribution < 1.29 is 9.47 Å². The maximum absolute atomic E-state index is 5.97. The Morgan fingerprint density at radius 2 is 2.05 bits per heavy atom. The Bertz CT molecular complexity index is 627. The van der Waals surface area contributed by atoms with E-state index >= 15 is 0 Å². The number of methoxy groups -OCH3 is 1. The van der Waals surface area contributed by atoms with Crippen LogP contribution in [0.15, 0.2) is 36.4 Å². The third kappa shape index (κ3) is 5.44. The monoisotopic (exact) mass is 338 g/mol. The van der Waals surface area contributed by atoms with Crippen LogP contribution in [0.4, 0.5) is 5.95 Å². The summed E-state index contributed by atoms with van der Waals surface area (Å²) in [6.45, 7) is 1.12. The van der Waals surface area contributed by atoms with Crippen molar-refractivity contribution >= 4 is 34.9 Å². The number of hydrogen-bond acceptors (Lipinski definition) is 5. The number of aromatic nitrogens is 2. The number of anilines is 1. The number of nitrogens with zero attached hydrogens (tertiary/aromatic N) is 2. The van der Waals surface area contributed by atoms with E-state index in [0.717, 1.165) is 0 Å². The van der Waals surface area contributed by atoms with E-state index in [0.29, 0.717) is 29.9 Å². The largest absolute Gasteiger partial charge is 0.439 e. The fourth-order valence-electron chi connectivity index (χ4n) is 1.53. The van der Waals surface area contributed by atoms with Crippen LogP contribution in [0.5, 0.6) is 11.6 Å². The van der Waals surface area contributed by atoms with Gasteiger partial charge in [0.1, 0.15) is 10.9 Å². The highest BCUT2D eigenvalue weighted by atomic mass is 35.5. The lowest BCUT2D eigenvalue weighted by atomic mass is 10.3. The zero-order chi connectivity index (χ0) is 15.8. The lowest BCUT2D eigenvalue weighted by Crippen LogP contribution is -2.31. The van der Waals surface area contributed by atoms with Gasteiger partial charge < -0.3 is 20.1 Å². The first kappa shape index (κ1) is 16.4. The molecule has 0 aliphatic heterocycles. The van der Waals surface area contributed by atoms with Gasteiger partial charge in [-0.1, -0.05) is 29.8 Å². The molecule has 0 fully saturated rings. The fourth-order valence-corrected chi connectivity index (χ4v) is 1.89. The zero-order valence-corrected chi connectivity index (χ0v) is 13.4. The predicted octanol–water partition coefficient (Wildman–Crippen LogP) is 2.86. The van der Waals surface area contributed by atoms with Crippen LogP contribution in [0.25, 0.3) is 0 Å². The third-order valence-corrected chi connectivity index (χ3v) is 2.89. The van der Waals surface area contributed by atoms with E-state index in [2.05, 4.69) is 20.6 Å². The smallest absolute Gasteiger partial charge is 0.233 e. The highest BCUT2D eigenvalue weighted by molar-refractivity contribution is 7.80. The number of nitrogens with one attached hydrogen (secondary N) is 2. The topological polar surface area (TPSA) is 68.3 Å². The molecule has 0 saturated carbocycles. The number of thiocarbonyl (C=S) groups is 1. The number of halogens is 1. The van der Waals surface area contributed by atoms with E-state index in [-0.39, 0.29) is 11.1 Å². The molecule has 0 aliphatic carbocycles. The van der Waals surface area contributed by atoms with Crippen LogP contribution in [-0.4, -0.2) is 35.3 Å². The van der Waals surface area contributed by atoms with Gasteiger partial charge in [0.05, 0.1) is 6.61 Å². The van der Waals surface area contributed by atoms with Crippen molar-refractivity contribution in [2.75, 3.05) is 25.6 Å². The van der Waals surface area contributed by atoms with Gasteiger partial charge in [0.15, 0.2) is 5.11 Å². The molecule has 0 unspecified atom stereocenters. The van der Waals surface area contributed by atoms with Gasteiger partial charge in [0.25, 0.3) is 0 Å². The van der Waals surface area contributed by atoms with Crippen LogP contribution in [0.3, 0.4) is 0 Å². The molecule has 0 spiro atoms. The van der Waals surface area contributed by atoms with Crippen molar-refractivity contribution in [1.82, 2.24) is 15.3 Å². The van der Waals surface area contributed by atoms with E-state index in [9.17, 15) is 0 Å². The molecule has 1 aromatic heterocycles. The summed E-state index contributed by atoms with van der Waals surface area (Å²) in [6, 6.07) is 10.8. The van der Waals surface area contributed by atoms with E-state index in [1.54, 1.807) is 7.11 Å². The Balaban J connectivity index is 2.02. The SMILES string of the molecule is COCCNC(=S)Nc1nc(Cl)cc(Oc2ccccc2)n1. The highest BCUT2D eigenvalue weighted by Gasteiger charge is 2.07. The molecule has 8 heteroatoms. The Kier molecular flexibility index (Phi) is 6.32.